The summed E-state index contributed by atoms with van der Waals surface area (Å²) in [5.41, 5.74) is 7.13. The Morgan fingerprint density at radius 3 is 2.52 bits per heavy atom. The highest BCUT2D eigenvalue weighted by molar-refractivity contribution is 5.37. The van der Waals surface area contributed by atoms with Gasteiger partial charge in [0, 0.05) is 5.92 Å². The van der Waals surface area contributed by atoms with Crippen molar-refractivity contribution in [3.05, 3.63) is 34.9 Å². The van der Waals surface area contributed by atoms with Crippen molar-refractivity contribution in [1.82, 2.24) is 5.43 Å². The summed E-state index contributed by atoms with van der Waals surface area (Å²) in [4.78, 5) is 0. The second-order valence-corrected chi connectivity index (χ2v) is 7.80. The molecule has 3 heteroatoms. The minimum atomic E-state index is -0.167. The highest BCUT2D eigenvalue weighted by Gasteiger charge is 2.49. The molecule has 2 atom stereocenters. The molecular weight excluding hydrogens is 260 g/mol. The number of fused-ring (bicyclic) bond motifs is 1. The molecule has 2 aliphatic rings. The number of nitrogens with two attached hydrogens (primary N) is 1. The van der Waals surface area contributed by atoms with Crippen LogP contribution < -0.4 is 11.3 Å². The fourth-order valence-electron chi connectivity index (χ4n) is 4.35. The van der Waals surface area contributed by atoms with E-state index in [0.717, 1.165) is 6.42 Å². The maximum absolute atomic E-state index is 6.25. The van der Waals surface area contributed by atoms with E-state index in [4.69, 9.17) is 10.6 Å². The minimum Gasteiger partial charge on any atom is -0.369 e. The molecule has 1 aromatic carbocycles. The molecule has 1 heterocycles. The molecule has 1 saturated heterocycles. The van der Waals surface area contributed by atoms with Gasteiger partial charge in [0.15, 0.2) is 0 Å². The lowest BCUT2D eigenvalue weighted by Gasteiger charge is -2.33. The molecule has 1 fully saturated rings. The van der Waals surface area contributed by atoms with Crippen molar-refractivity contribution in [1.29, 1.82) is 0 Å². The predicted octanol–water partition coefficient (Wildman–Crippen LogP) is 3.27. The van der Waals surface area contributed by atoms with E-state index in [1.807, 2.05) is 0 Å². The maximum atomic E-state index is 6.25. The van der Waals surface area contributed by atoms with Crippen LogP contribution in [-0.4, -0.2) is 11.2 Å². The number of hydrogen-bond donors (Lipinski definition) is 2. The average Bonchev–Trinajstić information content (AvgIpc) is 2.92. The van der Waals surface area contributed by atoms with Crippen LogP contribution >= 0.6 is 0 Å². The topological polar surface area (TPSA) is 47.3 Å². The smallest absolute Gasteiger partial charge is 0.0681 e. The normalized spacial score (nSPS) is 27.6. The number of hydrogen-bond acceptors (Lipinski definition) is 3. The van der Waals surface area contributed by atoms with Crippen LogP contribution in [0.25, 0.3) is 0 Å². The van der Waals surface area contributed by atoms with Gasteiger partial charge < -0.3 is 4.74 Å². The first-order chi connectivity index (χ1) is 9.82. The van der Waals surface area contributed by atoms with E-state index < -0.39 is 0 Å². The molecular formula is C18H28N2O. The Morgan fingerprint density at radius 2 is 1.90 bits per heavy atom. The van der Waals surface area contributed by atoms with Crippen LogP contribution in [-0.2, 0) is 17.6 Å². The third-order valence-corrected chi connectivity index (χ3v) is 5.21. The first-order valence-electron chi connectivity index (χ1n) is 8.10. The van der Waals surface area contributed by atoms with Crippen molar-refractivity contribution in [2.45, 2.75) is 70.6 Å². The van der Waals surface area contributed by atoms with Gasteiger partial charge in [0.05, 0.1) is 17.2 Å². The summed E-state index contributed by atoms with van der Waals surface area (Å²) in [5.74, 6) is 6.31. The van der Waals surface area contributed by atoms with Crippen molar-refractivity contribution in [3.8, 4) is 0 Å². The monoisotopic (exact) mass is 288 g/mol. The molecule has 0 bridgehead atoms. The van der Waals surface area contributed by atoms with Crippen molar-refractivity contribution in [3.63, 3.8) is 0 Å². The van der Waals surface area contributed by atoms with Gasteiger partial charge in [0.25, 0.3) is 0 Å². The number of aryl methyl sites for hydroxylation is 2. The molecule has 116 valence electrons. The standard InChI is InChI=1S/C18H28N2O/c1-17(2)11-15(18(3,4)21-17)16(20-19)14-9-8-12-6-5-7-13(12)10-14/h8-10,15-16,20H,5-7,11,19H2,1-4H3. The lowest BCUT2D eigenvalue weighted by Crippen LogP contribution is -2.41. The van der Waals surface area contributed by atoms with Gasteiger partial charge in [-0.05, 0) is 70.1 Å². The molecule has 2 unspecified atom stereocenters. The van der Waals surface area contributed by atoms with Crippen molar-refractivity contribution >= 4 is 0 Å². The molecule has 0 spiro atoms. The summed E-state index contributed by atoms with van der Waals surface area (Å²) < 4.78 is 6.25. The van der Waals surface area contributed by atoms with Crippen LogP contribution in [0.2, 0.25) is 0 Å². The summed E-state index contributed by atoms with van der Waals surface area (Å²) >= 11 is 0. The highest BCUT2D eigenvalue weighted by Crippen LogP contribution is 2.47. The SMILES string of the molecule is CC1(C)CC(C(NN)c2ccc3c(c2)CCC3)C(C)(C)O1. The largest absolute Gasteiger partial charge is 0.369 e. The fraction of sp³-hybridized carbons (Fsp3) is 0.667. The molecule has 3 N–H and O–H groups in total. The van der Waals surface area contributed by atoms with Gasteiger partial charge in [0.2, 0.25) is 0 Å². The Bertz CT molecular complexity index is 536. The molecule has 1 aliphatic heterocycles. The molecule has 1 aliphatic carbocycles. The van der Waals surface area contributed by atoms with Crippen molar-refractivity contribution in [2.24, 2.45) is 11.8 Å². The molecule has 1 aromatic rings. The Hall–Kier alpha value is -0.900. The van der Waals surface area contributed by atoms with Gasteiger partial charge in [0.1, 0.15) is 0 Å². The summed E-state index contributed by atoms with van der Waals surface area (Å²) in [6.45, 7) is 8.71. The van der Waals surface area contributed by atoms with Crippen molar-refractivity contribution in [2.75, 3.05) is 0 Å². The van der Waals surface area contributed by atoms with Crippen LogP contribution in [0.15, 0.2) is 18.2 Å². The van der Waals surface area contributed by atoms with Gasteiger partial charge in [-0.2, -0.15) is 0 Å². The molecule has 0 aromatic heterocycles. The second kappa shape index (κ2) is 5.08. The maximum Gasteiger partial charge on any atom is 0.0681 e. The molecule has 0 amide bonds. The lowest BCUT2D eigenvalue weighted by atomic mass is 9.79. The third kappa shape index (κ3) is 2.75. The number of rotatable bonds is 3. The molecule has 3 rings (SSSR count). The van der Waals surface area contributed by atoms with Gasteiger partial charge in [-0.25, -0.2) is 0 Å². The van der Waals surface area contributed by atoms with E-state index in [2.05, 4.69) is 51.3 Å². The van der Waals surface area contributed by atoms with Gasteiger partial charge >= 0.3 is 0 Å². The fourth-order valence-corrected chi connectivity index (χ4v) is 4.35. The molecule has 3 nitrogen and oxygen atoms in total. The number of ether oxygens (including phenoxy) is 1. The Labute approximate surface area is 128 Å². The number of nitrogens with one attached hydrogen (secondary N) is 1. The van der Waals surface area contributed by atoms with Crippen LogP contribution in [0.3, 0.4) is 0 Å². The minimum absolute atomic E-state index is 0.0833. The predicted molar refractivity (Wildman–Crippen MR) is 85.9 cm³/mol. The number of benzene rings is 1. The van der Waals surface area contributed by atoms with Crippen LogP contribution in [0, 0.1) is 5.92 Å². The third-order valence-electron chi connectivity index (χ3n) is 5.21. The van der Waals surface area contributed by atoms with Crippen LogP contribution in [0.1, 0.15) is 63.3 Å². The number of hydrazine groups is 1. The zero-order valence-electron chi connectivity index (χ0n) is 13.7. The van der Waals surface area contributed by atoms with Crippen LogP contribution in [0.4, 0.5) is 0 Å². The van der Waals surface area contributed by atoms with Crippen molar-refractivity contribution < 1.29 is 4.74 Å². The first-order valence-corrected chi connectivity index (χ1v) is 8.10. The Kier molecular flexibility index (Phi) is 3.63. The van der Waals surface area contributed by atoms with E-state index in [1.54, 1.807) is 0 Å². The summed E-state index contributed by atoms with van der Waals surface area (Å²) in [6.07, 6.45) is 4.73. The molecule has 21 heavy (non-hydrogen) atoms. The Morgan fingerprint density at radius 1 is 1.19 bits per heavy atom. The second-order valence-electron chi connectivity index (χ2n) is 7.80. The van der Waals surface area contributed by atoms with Crippen LogP contribution in [0.5, 0.6) is 0 Å². The quantitative estimate of drug-likeness (QED) is 0.663. The van der Waals surface area contributed by atoms with E-state index in [9.17, 15) is 0 Å². The zero-order chi connectivity index (χ0) is 15.3. The Balaban J connectivity index is 1.92. The first kappa shape index (κ1) is 15.0. The van der Waals surface area contributed by atoms with Gasteiger partial charge in [-0.3, -0.25) is 11.3 Å². The van der Waals surface area contributed by atoms with E-state index in [1.165, 1.54) is 36.0 Å². The highest BCUT2D eigenvalue weighted by atomic mass is 16.5. The summed E-state index contributed by atoms with van der Waals surface area (Å²) in [7, 11) is 0. The summed E-state index contributed by atoms with van der Waals surface area (Å²) in [5, 5.41) is 0. The van der Waals surface area contributed by atoms with Gasteiger partial charge in [-0.15, -0.1) is 0 Å². The molecule has 0 saturated carbocycles. The average molecular weight is 288 g/mol. The van der Waals surface area contributed by atoms with E-state index in [-0.39, 0.29) is 17.2 Å². The summed E-state index contributed by atoms with van der Waals surface area (Å²) in [6, 6.07) is 7.04. The van der Waals surface area contributed by atoms with Gasteiger partial charge in [-0.1, -0.05) is 18.2 Å². The molecule has 0 radical (unpaired) electrons. The zero-order valence-corrected chi connectivity index (χ0v) is 13.7. The van der Waals surface area contributed by atoms with E-state index >= 15 is 0 Å². The lowest BCUT2D eigenvalue weighted by molar-refractivity contribution is -0.0779. The van der Waals surface area contributed by atoms with E-state index in [0.29, 0.717) is 5.92 Å².